The Bertz CT molecular complexity index is 421. The highest BCUT2D eigenvalue weighted by Crippen LogP contribution is 2.25. The van der Waals surface area contributed by atoms with Gasteiger partial charge < -0.3 is 15.0 Å². The minimum absolute atomic E-state index is 0.0853. The van der Waals surface area contributed by atoms with Crippen molar-refractivity contribution in [1.82, 2.24) is 14.9 Å². The molecule has 0 radical (unpaired) electrons. The maximum absolute atomic E-state index is 11.0. The SMILES string of the molecule is COC(=O)CNc1ncc(C2CCCN(C)C2)cn1. The molecule has 0 bridgehead atoms. The first-order chi connectivity index (χ1) is 9.19. The van der Waals surface area contributed by atoms with Gasteiger partial charge >= 0.3 is 5.97 Å². The molecule has 0 aliphatic carbocycles. The summed E-state index contributed by atoms with van der Waals surface area (Å²) in [6.07, 6.45) is 6.08. The van der Waals surface area contributed by atoms with Gasteiger partial charge in [0.2, 0.25) is 5.95 Å². The van der Waals surface area contributed by atoms with Crippen LogP contribution >= 0.6 is 0 Å². The molecule has 6 heteroatoms. The van der Waals surface area contributed by atoms with Gasteiger partial charge in [0, 0.05) is 18.9 Å². The molecule has 0 saturated carbocycles. The van der Waals surface area contributed by atoms with Crippen molar-refractivity contribution in [2.24, 2.45) is 0 Å². The van der Waals surface area contributed by atoms with Gasteiger partial charge in [-0.3, -0.25) is 4.79 Å². The third-order valence-electron chi connectivity index (χ3n) is 3.39. The van der Waals surface area contributed by atoms with E-state index in [4.69, 9.17) is 0 Å². The lowest BCUT2D eigenvalue weighted by molar-refractivity contribution is -0.138. The van der Waals surface area contributed by atoms with Crippen LogP contribution < -0.4 is 5.32 Å². The van der Waals surface area contributed by atoms with Crippen molar-refractivity contribution in [3.8, 4) is 0 Å². The fourth-order valence-electron chi connectivity index (χ4n) is 2.30. The van der Waals surface area contributed by atoms with E-state index < -0.39 is 0 Å². The minimum Gasteiger partial charge on any atom is -0.468 e. The fraction of sp³-hybridized carbons (Fsp3) is 0.615. The number of hydrogen-bond acceptors (Lipinski definition) is 6. The summed E-state index contributed by atoms with van der Waals surface area (Å²) in [5.74, 6) is 0.633. The van der Waals surface area contributed by atoms with Crippen molar-refractivity contribution in [3.05, 3.63) is 18.0 Å². The summed E-state index contributed by atoms with van der Waals surface area (Å²) >= 11 is 0. The second kappa shape index (κ2) is 6.47. The first-order valence-electron chi connectivity index (χ1n) is 6.50. The van der Waals surface area contributed by atoms with Crippen molar-refractivity contribution in [3.63, 3.8) is 0 Å². The third-order valence-corrected chi connectivity index (χ3v) is 3.39. The van der Waals surface area contributed by atoms with Gasteiger partial charge in [-0.05, 0) is 37.9 Å². The maximum Gasteiger partial charge on any atom is 0.325 e. The number of likely N-dealkylation sites (tertiary alicyclic amines) is 1. The summed E-state index contributed by atoms with van der Waals surface area (Å²) in [4.78, 5) is 21.8. The number of hydrogen-bond donors (Lipinski definition) is 1. The van der Waals surface area contributed by atoms with E-state index >= 15 is 0 Å². The van der Waals surface area contributed by atoms with Crippen LogP contribution in [0.3, 0.4) is 0 Å². The number of anilines is 1. The van der Waals surface area contributed by atoms with E-state index in [-0.39, 0.29) is 12.5 Å². The monoisotopic (exact) mass is 264 g/mol. The molecule has 1 aliphatic rings. The van der Waals surface area contributed by atoms with Gasteiger partial charge in [0.25, 0.3) is 0 Å². The average molecular weight is 264 g/mol. The first kappa shape index (κ1) is 13.7. The highest BCUT2D eigenvalue weighted by atomic mass is 16.5. The molecule has 1 saturated heterocycles. The number of carbonyl (C=O) groups is 1. The van der Waals surface area contributed by atoms with Crippen LogP contribution in [0, 0.1) is 0 Å². The molecule has 1 aromatic rings. The van der Waals surface area contributed by atoms with Gasteiger partial charge in [-0.1, -0.05) is 0 Å². The Hall–Kier alpha value is -1.69. The van der Waals surface area contributed by atoms with E-state index in [2.05, 4.69) is 32.0 Å². The Morgan fingerprint density at radius 2 is 2.26 bits per heavy atom. The molecule has 1 fully saturated rings. The van der Waals surface area contributed by atoms with E-state index in [1.807, 2.05) is 12.4 Å². The van der Waals surface area contributed by atoms with Crippen LogP contribution in [0.25, 0.3) is 0 Å². The summed E-state index contributed by atoms with van der Waals surface area (Å²) < 4.78 is 4.54. The topological polar surface area (TPSA) is 67.3 Å². The van der Waals surface area contributed by atoms with Crippen LogP contribution in [0.2, 0.25) is 0 Å². The second-order valence-electron chi connectivity index (χ2n) is 4.87. The molecule has 2 heterocycles. The van der Waals surface area contributed by atoms with Crippen LogP contribution in [0.1, 0.15) is 24.3 Å². The van der Waals surface area contributed by atoms with Crippen molar-refractivity contribution in [2.45, 2.75) is 18.8 Å². The molecular formula is C13H20N4O2. The molecule has 0 aromatic carbocycles. The van der Waals surface area contributed by atoms with Gasteiger partial charge in [0.15, 0.2) is 0 Å². The molecule has 1 aliphatic heterocycles. The average Bonchev–Trinajstić information content (AvgIpc) is 2.45. The van der Waals surface area contributed by atoms with E-state index in [0.29, 0.717) is 11.9 Å². The number of piperidine rings is 1. The summed E-state index contributed by atoms with van der Waals surface area (Å²) in [7, 11) is 3.49. The molecule has 2 rings (SSSR count). The number of nitrogens with zero attached hydrogens (tertiary/aromatic N) is 3. The highest BCUT2D eigenvalue weighted by Gasteiger charge is 2.19. The zero-order valence-corrected chi connectivity index (χ0v) is 11.4. The smallest absolute Gasteiger partial charge is 0.325 e. The Kier molecular flexibility index (Phi) is 4.68. The van der Waals surface area contributed by atoms with Crippen LogP contribution in [0.15, 0.2) is 12.4 Å². The van der Waals surface area contributed by atoms with Crippen LogP contribution in [-0.4, -0.2) is 54.6 Å². The fourth-order valence-corrected chi connectivity index (χ4v) is 2.30. The molecule has 1 atom stereocenters. The van der Waals surface area contributed by atoms with Gasteiger partial charge in [-0.25, -0.2) is 9.97 Å². The summed E-state index contributed by atoms with van der Waals surface area (Å²) in [6.45, 7) is 2.30. The number of carbonyl (C=O) groups excluding carboxylic acids is 1. The molecule has 1 aromatic heterocycles. The van der Waals surface area contributed by atoms with Gasteiger partial charge in [-0.15, -0.1) is 0 Å². The van der Waals surface area contributed by atoms with Crippen molar-refractivity contribution >= 4 is 11.9 Å². The number of methoxy groups -OCH3 is 1. The molecule has 6 nitrogen and oxygen atoms in total. The maximum atomic E-state index is 11.0. The Morgan fingerprint density at radius 1 is 1.53 bits per heavy atom. The largest absolute Gasteiger partial charge is 0.468 e. The molecule has 104 valence electrons. The Balaban J connectivity index is 1.92. The number of aromatic nitrogens is 2. The van der Waals surface area contributed by atoms with Crippen LogP contribution in [0.5, 0.6) is 0 Å². The Morgan fingerprint density at radius 3 is 2.89 bits per heavy atom. The molecular weight excluding hydrogens is 244 g/mol. The third kappa shape index (κ3) is 3.89. The molecule has 1 N–H and O–H groups in total. The van der Waals surface area contributed by atoms with Crippen molar-refractivity contribution in [2.75, 3.05) is 39.1 Å². The lowest BCUT2D eigenvalue weighted by atomic mass is 9.93. The second-order valence-corrected chi connectivity index (χ2v) is 4.87. The normalized spacial score (nSPS) is 20.0. The highest BCUT2D eigenvalue weighted by molar-refractivity contribution is 5.73. The number of rotatable bonds is 4. The van der Waals surface area contributed by atoms with E-state index in [9.17, 15) is 4.79 Å². The van der Waals surface area contributed by atoms with Crippen LogP contribution in [0.4, 0.5) is 5.95 Å². The molecule has 0 amide bonds. The minimum atomic E-state index is -0.332. The van der Waals surface area contributed by atoms with Crippen molar-refractivity contribution < 1.29 is 9.53 Å². The lowest BCUT2D eigenvalue weighted by Gasteiger charge is -2.29. The predicted molar refractivity (Wildman–Crippen MR) is 72.0 cm³/mol. The lowest BCUT2D eigenvalue weighted by Crippen LogP contribution is -2.30. The van der Waals surface area contributed by atoms with Gasteiger partial charge in [-0.2, -0.15) is 0 Å². The van der Waals surface area contributed by atoms with E-state index in [1.54, 1.807) is 0 Å². The zero-order valence-electron chi connectivity index (χ0n) is 11.4. The Labute approximate surface area is 113 Å². The van der Waals surface area contributed by atoms with Crippen LogP contribution in [-0.2, 0) is 9.53 Å². The van der Waals surface area contributed by atoms with Gasteiger partial charge in [0.05, 0.1) is 7.11 Å². The summed E-state index contributed by atoms with van der Waals surface area (Å²) in [6, 6.07) is 0. The number of ether oxygens (including phenoxy) is 1. The summed E-state index contributed by atoms with van der Waals surface area (Å²) in [5, 5.41) is 2.83. The van der Waals surface area contributed by atoms with Crippen molar-refractivity contribution in [1.29, 1.82) is 0 Å². The predicted octanol–water partition coefficient (Wildman–Crippen LogP) is 0.871. The molecule has 0 spiro atoms. The molecule has 1 unspecified atom stereocenters. The molecule has 19 heavy (non-hydrogen) atoms. The number of likely N-dealkylation sites (N-methyl/N-ethyl adjacent to an activating group) is 1. The first-order valence-corrected chi connectivity index (χ1v) is 6.50. The number of esters is 1. The standard InChI is InChI=1S/C13H20N4O2/c1-17-5-3-4-10(9-17)11-6-14-13(15-7-11)16-8-12(18)19-2/h6-7,10H,3-5,8-9H2,1-2H3,(H,14,15,16). The quantitative estimate of drug-likeness (QED) is 0.814. The summed E-state index contributed by atoms with van der Waals surface area (Å²) in [5.41, 5.74) is 1.16. The van der Waals surface area contributed by atoms with E-state index in [1.165, 1.54) is 20.0 Å². The van der Waals surface area contributed by atoms with E-state index in [0.717, 1.165) is 18.7 Å². The zero-order chi connectivity index (χ0) is 13.7. The number of nitrogens with one attached hydrogen (secondary N) is 1. The van der Waals surface area contributed by atoms with Gasteiger partial charge in [0.1, 0.15) is 6.54 Å².